The minimum Gasteiger partial charge on any atom is -0.477 e. The number of hydrogen-bond donors (Lipinski definition) is 2. The van der Waals surface area contributed by atoms with Crippen LogP contribution in [0.25, 0.3) is 0 Å². The van der Waals surface area contributed by atoms with Crippen LogP contribution in [0.1, 0.15) is 12.8 Å². The Morgan fingerprint density at radius 3 is 2.73 bits per heavy atom. The van der Waals surface area contributed by atoms with Crippen molar-refractivity contribution in [2.45, 2.75) is 12.8 Å². The second-order valence-corrected chi connectivity index (χ2v) is 3.66. The lowest BCUT2D eigenvalue weighted by atomic mass is 9.81. The average Bonchev–Trinajstić information content (AvgIpc) is 2.97. The molecular formula is C9H11BFNO3. The molecule has 0 radical (unpaired) electrons. The van der Waals surface area contributed by atoms with E-state index in [2.05, 4.69) is 4.98 Å². The lowest BCUT2D eigenvalue weighted by Gasteiger charge is -2.05. The molecule has 0 unspecified atom stereocenters. The number of rotatable bonds is 4. The van der Waals surface area contributed by atoms with Gasteiger partial charge >= 0.3 is 7.12 Å². The van der Waals surface area contributed by atoms with Crippen LogP contribution >= 0.6 is 0 Å². The molecule has 0 aromatic carbocycles. The van der Waals surface area contributed by atoms with E-state index in [1.165, 1.54) is 12.1 Å². The fraction of sp³-hybridized carbons (Fsp3) is 0.444. The Kier molecular flexibility index (Phi) is 2.88. The van der Waals surface area contributed by atoms with Gasteiger partial charge in [-0.25, -0.2) is 0 Å². The molecule has 1 saturated carbocycles. The maximum atomic E-state index is 13.1. The molecule has 80 valence electrons. The van der Waals surface area contributed by atoms with Gasteiger partial charge in [0.2, 0.25) is 11.8 Å². The molecular weight excluding hydrogens is 200 g/mol. The first-order valence-corrected chi connectivity index (χ1v) is 4.82. The van der Waals surface area contributed by atoms with Gasteiger partial charge < -0.3 is 14.8 Å². The van der Waals surface area contributed by atoms with E-state index in [4.69, 9.17) is 14.8 Å². The van der Waals surface area contributed by atoms with Gasteiger partial charge in [0, 0.05) is 11.5 Å². The predicted molar refractivity (Wildman–Crippen MR) is 52.2 cm³/mol. The van der Waals surface area contributed by atoms with E-state index in [9.17, 15) is 4.39 Å². The Balaban J connectivity index is 2.03. The molecule has 0 atom stereocenters. The topological polar surface area (TPSA) is 62.6 Å². The van der Waals surface area contributed by atoms with Crippen molar-refractivity contribution in [3.63, 3.8) is 0 Å². The fourth-order valence-electron chi connectivity index (χ4n) is 1.19. The van der Waals surface area contributed by atoms with Crippen LogP contribution in [0.3, 0.4) is 0 Å². The molecule has 1 aromatic heterocycles. The summed E-state index contributed by atoms with van der Waals surface area (Å²) in [7, 11) is -1.84. The van der Waals surface area contributed by atoms with Gasteiger partial charge in [0.1, 0.15) is 0 Å². The largest absolute Gasteiger partial charge is 0.493 e. The lowest BCUT2D eigenvalue weighted by molar-refractivity contribution is 0.284. The highest BCUT2D eigenvalue weighted by Crippen LogP contribution is 2.29. The summed E-state index contributed by atoms with van der Waals surface area (Å²) < 4.78 is 18.4. The first kappa shape index (κ1) is 10.4. The van der Waals surface area contributed by atoms with Crippen LogP contribution in [0.15, 0.2) is 12.1 Å². The van der Waals surface area contributed by atoms with Crippen molar-refractivity contribution >= 4 is 12.6 Å². The van der Waals surface area contributed by atoms with Gasteiger partial charge in [-0.1, -0.05) is 6.07 Å². The Morgan fingerprint density at radius 1 is 1.47 bits per heavy atom. The molecule has 6 heteroatoms. The summed E-state index contributed by atoms with van der Waals surface area (Å²) in [6, 6.07) is 2.69. The van der Waals surface area contributed by atoms with Gasteiger partial charge in [0.05, 0.1) is 6.61 Å². The van der Waals surface area contributed by atoms with Crippen LogP contribution in [0.5, 0.6) is 5.88 Å². The number of pyridine rings is 1. The third-order valence-corrected chi connectivity index (χ3v) is 2.29. The van der Waals surface area contributed by atoms with Crippen LogP contribution in [-0.4, -0.2) is 28.8 Å². The highest BCUT2D eigenvalue weighted by Gasteiger charge is 2.23. The van der Waals surface area contributed by atoms with Crippen molar-refractivity contribution in [1.82, 2.24) is 4.98 Å². The van der Waals surface area contributed by atoms with Crippen LogP contribution in [0.2, 0.25) is 0 Å². The summed E-state index contributed by atoms with van der Waals surface area (Å²) in [5, 5.41) is 17.5. The average molecular weight is 211 g/mol. The van der Waals surface area contributed by atoms with Crippen molar-refractivity contribution in [1.29, 1.82) is 0 Å². The van der Waals surface area contributed by atoms with Gasteiger partial charge in [0.15, 0.2) is 0 Å². The van der Waals surface area contributed by atoms with Gasteiger partial charge in [0.25, 0.3) is 0 Å². The lowest BCUT2D eigenvalue weighted by Crippen LogP contribution is -2.33. The molecule has 2 rings (SSSR count). The van der Waals surface area contributed by atoms with E-state index in [1.807, 2.05) is 0 Å². The first-order chi connectivity index (χ1) is 7.16. The molecule has 2 N–H and O–H groups in total. The van der Waals surface area contributed by atoms with E-state index in [0.29, 0.717) is 12.5 Å². The van der Waals surface area contributed by atoms with Crippen molar-refractivity contribution < 1.29 is 19.2 Å². The highest BCUT2D eigenvalue weighted by atomic mass is 19.1. The van der Waals surface area contributed by atoms with E-state index in [-0.39, 0.29) is 11.3 Å². The number of aromatic nitrogens is 1. The molecule has 1 aromatic rings. The molecule has 15 heavy (non-hydrogen) atoms. The van der Waals surface area contributed by atoms with Crippen LogP contribution < -0.4 is 10.2 Å². The molecule has 0 saturated heterocycles. The number of halogens is 1. The Hall–Kier alpha value is -1.14. The third kappa shape index (κ3) is 2.67. The van der Waals surface area contributed by atoms with Crippen LogP contribution in [0, 0.1) is 11.9 Å². The van der Waals surface area contributed by atoms with Crippen LogP contribution in [0.4, 0.5) is 4.39 Å². The van der Waals surface area contributed by atoms with Crippen molar-refractivity contribution in [2.24, 2.45) is 5.92 Å². The van der Waals surface area contributed by atoms with Gasteiger partial charge in [-0.3, -0.25) is 0 Å². The second-order valence-electron chi connectivity index (χ2n) is 3.66. The molecule has 1 aliphatic rings. The number of hydrogen-bond acceptors (Lipinski definition) is 4. The van der Waals surface area contributed by atoms with E-state index < -0.39 is 13.1 Å². The van der Waals surface area contributed by atoms with Gasteiger partial charge in [-0.15, -0.1) is 0 Å². The van der Waals surface area contributed by atoms with E-state index >= 15 is 0 Å². The highest BCUT2D eigenvalue weighted by molar-refractivity contribution is 6.58. The number of ether oxygens (including phenoxy) is 1. The monoisotopic (exact) mass is 211 g/mol. The number of nitrogens with zero attached hydrogens (tertiary/aromatic N) is 1. The van der Waals surface area contributed by atoms with Crippen molar-refractivity contribution in [3.8, 4) is 5.88 Å². The molecule has 0 aliphatic heterocycles. The molecule has 0 spiro atoms. The summed E-state index contributed by atoms with van der Waals surface area (Å²) >= 11 is 0. The minimum absolute atomic E-state index is 0.184. The van der Waals surface area contributed by atoms with Crippen molar-refractivity contribution in [2.75, 3.05) is 6.61 Å². The molecule has 0 amide bonds. The van der Waals surface area contributed by atoms with Gasteiger partial charge in [-0.05, 0) is 18.8 Å². The summed E-state index contributed by atoms with van der Waals surface area (Å²) in [6.45, 7) is 0.549. The molecule has 1 fully saturated rings. The Labute approximate surface area is 86.9 Å². The molecule has 1 heterocycles. The normalized spacial score (nSPS) is 15.1. The zero-order valence-corrected chi connectivity index (χ0v) is 8.06. The summed E-state index contributed by atoms with van der Waals surface area (Å²) in [6.07, 6.45) is 2.30. The predicted octanol–water partition coefficient (Wildman–Crippen LogP) is -0.311. The molecule has 1 aliphatic carbocycles. The third-order valence-electron chi connectivity index (χ3n) is 2.29. The van der Waals surface area contributed by atoms with Crippen LogP contribution in [-0.2, 0) is 0 Å². The van der Waals surface area contributed by atoms with E-state index in [0.717, 1.165) is 12.8 Å². The fourth-order valence-corrected chi connectivity index (χ4v) is 1.19. The maximum absolute atomic E-state index is 13.1. The maximum Gasteiger partial charge on any atom is 0.493 e. The standard InChI is InChI=1S/C9H11BFNO3/c11-9-7(10(13)14)3-4-8(12-9)15-5-6-1-2-6/h3-4,6,13-14H,1-2,5H2. The summed E-state index contributed by atoms with van der Waals surface area (Å²) in [5.41, 5.74) is -0.242. The van der Waals surface area contributed by atoms with Gasteiger partial charge in [-0.2, -0.15) is 9.37 Å². The summed E-state index contributed by atoms with van der Waals surface area (Å²) in [4.78, 5) is 3.49. The Morgan fingerprint density at radius 2 is 2.20 bits per heavy atom. The minimum atomic E-state index is -1.84. The molecule has 0 bridgehead atoms. The summed E-state index contributed by atoms with van der Waals surface area (Å²) in [5.74, 6) is -0.153. The SMILES string of the molecule is OB(O)c1ccc(OCC2CC2)nc1F. The molecule has 4 nitrogen and oxygen atoms in total. The quantitative estimate of drug-likeness (QED) is 0.529. The first-order valence-electron chi connectivity index (χ1n) is 4.82. The Bertz CT molecular complexity index is 357. The second kappa shape index (κ2) is 4.16. The van der Waals surface area contributed by atoms with E-state index in [1.54, 1.807) is 0 Å². The smallest absolute Gasteiger partial charge is 0.477 e. The zero-order valence-electron chi connectivity index (χ0n) is 8.06. The zero-order chi connectivity index (χ0) is 10.8. The van der Waals surface area contributed by atoms with Crippen molar-refractivity contribution in [3.05, 3.63) is 18.1 Å².